The van der Waals surface area contributed by atoms with Crippen LogP contribution in [0.3, 0.4) is 0 Å². The standard InChI is InChI=1S/C29H32N6O2/c1-21-8-5-6-11-24(21)29(36)34-15-7-14-33(16-17-34)27-25-20-30-35(23-9-3-2-4-10-23)28(25)32-26(31-27)22-12-18-37-19-13-22/h2-6,8-11,20,22H,7,12-19H2,1H3. The molecule has 2 aliphatic heterocycles. The van der Waals surface area contributed by atoms with Crippen LogP contribution in [0.2, 0.25) is 0 Å². The van der Waals surface area contributed by atoms with Gasteiger partial charge in [-0.2, -0.15) is 5.10 Å². The predicted octanol–water partition coefficient (Wildman–Crippen LogP) is 4.37. The van der Waals surface area contributed by atoms with E-state index >= 15 is 0 Å². The molecule has 0 aliphatic carbocycles. The first-order chi connectivity index (χ1) is 18.2. The second kappa shape index (κ2) is 10.3. The molecular weight excluding hydrogens is 464 g/mol. The van der Waals surface area contributed by atoms with Crippen LogP contribution in [0.1, 0.15) is 46.9 Å². The van der Waals surface area contributed by atoms with Gasteiger partial charge in [0, 0.05) is 50.9 Å². The van der Waals surface area contributed by atoms with Gasteiger partial charge < -0.3 is 14.5 Å². The van der Waals surface area contributed by atoms with Crippen LogP contribution >= 0.6 is 0 Å². The van der Waals surface area contributed by atoms with Crippen LogP contribution in [0.5, 0.6) is 0 Å². The molecular formula is C29H32N6O2. The highest BCUT2D eigenvalue weighted by Crippen LogP contribution is 2.32. The van der Waals surface area contributed by atoms with Crippen molar-refractivity contribution in [3.8, 4) is 5.69 Å². The highest BCUT2D eigenvalue weighted by atomic mass is 16.5. The average Bonchev–Trinajstić information content (AvgIpc) is 3.22. The van der Waals surface area contributed by atoms with Crippen LogP contribution < -0.4 is 4.90 Å². The lowest BCUT2D eigenvalue weighted by molar-refractivity contribution is 0.0766. The van der Waals surface area contributed by atoms with E-state index in [1.807, 2.05) is 77.3 Å². The number of ether oxygens (including phenoxy) is 1. The zero-order valence-electron chi connectivity index (χ0n) is 21.2. The van der Waals surface area contributed by atoms with E-state index in [4.69, 9.17) is 19.8 Å². The summed E-state index contributed by atoms with van der Waals surface area (Å²) in [5.41, 5.74) is 3.60. The molecule has 0 unspecified atom stereocenters. The van der Waals surface area contributed by atoms with Gasteiger partial charge in [-0.1, -0.05) is 36.4 Å². The molecule has 190 valence electrons. The fraction of sp³-hybridized carbons (Fsp3) is 0.379. The third kappa shape index (κ3) is 4.69. The molecule has 6 rings (SSSR count). The number of aromatic nitrogens is 4. The number of amides is 1. The van der Waals surface area contributed by atoms with Crippen LogP contribution in [0.4, 0.5) is 5.82 Å². The molecule has 0 spiro atoms. The SMILES string of the molecule is Cc1ccccc1C(=O)N1CCCN(c2nc(C3CCOCC3)nc3c2cnn3-c2ccccc2)CC1. The van der Waals surface area contributed by atoms with Crippen molar-refractivity contribution in [1.82, 2.24) is 24.6 Å². The van der Waals surface area contributed by atoms with E-state index in [2.05, 4.69) is 4.90 Å². The number of aryl methyl sites for hydroxylation is 1. The normalized spacial score (nSPS) is 17.2. The summed E-state index contributed by atoms with van der Waals surface area (Å²) in [6.45, 7) is 6.39. The maximum absolute atomic E-state index is 13.3. The number of carbonyl (C=O) groups excluding carboxylic acids is 1. The lowest BCUT2D eigenvalue weighted by Crippen LogP contribution is -2.35. The van der Waals surface area contributed by atoms with Gasteiger partial charge in [-0.05, 0) is 49.9 Å². The molecule has 0 atom stereocenters. The molecule has 1 amide bonds. The van der Waals surface area contributed by atoms with E-state index in [1.165, 1.54) is 0 Å². The Balaban J connectivity index is 1.34. The summed E-state index contributed by atoms with van der Waals surface area (Å²) < 4.78 is 7.52. The Labute approximate surface area is 216 Å². The smallest absolute Gasteiger partial charge is 0.254 e. The number of benzene rings is 2. The second-order valence-electron chi connectivity index (χ2n) is 9.87. The van der Waals surface area contributed by atoms with Gasteiger partial charge in [0.15, 0.2) is 5.65 Å². The van der Waals surface area contributed by atoms with E-state index in [-0.39, 0.29) is 11.8 Å². The van der Waals surface area contributed by atoms with Crippen molar-refractivity contribution >= 4 is 22.8 Å². The summed E-state index contributed by atoms with van der Waals surface area (Å²) in [5, 5.41) is 5.66. The Hall–Kier alpha value is -3.78. The van der Waals surface area contributed by atoms with Crippen molar-refractivity contribution in [2.24, 2.45) is 0 Å². The highest BCUT2D eigenvalue weighted by molar-refractivity contribution is 5.95. The molecule has 4 heterocycles. The Morgan fingerprint density at radius 2 is 1.70 bits per heavy atom. The quantitative estimate of drug-likeness (QED) is 0.418. The van der Waals surface area contributed by atoms with Crippen LogP contribution in [0, 0.1) is 6.92 Å². The third-order valence-corrected chi connectivity index (χ3v) is 7.47. The molecule has 2 fully saturated rings. The van der Waals surface area contributed by atoms with Gasteiger partial charge in [0.05, 0.1) is 17.3 Å². The zero-order valence-corrected chi connectivity index (χ0v) is 21.2. The van der Waals surface area contributed by atoms with Gasteiger partial charge in [0.25, 0.3) is 5.91 Å². The molecule has 0 N–H and O–H groups in total. The molecule has 37 heavy (non-hydrogen) atoms. The van der Waals surface area contributed by atoms with Gasteiger partial charge in [-0.25, -0.2) is 14.6 Å². The predicted molar refractivity (Wildman–Crippen MR) is 143 cm³/mol. The number of anilines is 1. The highest BCUT2D eigenvalue weighted by Gasteiger charge is 2.27. The second-order valence-corrected chi connectivity index (χ2v) is 9.87. The lowest BCUT2D eigenvalue weighted by Gasteiger charge is -2.26. The fourth-order valence-corrected chi connectivity index (χ4v) is 5.36. The Morgan fingerprint density at radius 3 is 2.51 bits per heavy atom. The molecule has 2 aliphatic rings. The summed E-state index contributed by atoms with van der Waals surface area (Å²) >= 11 is 0. The average molecular weight is 497 g/mol. The van der Waals surface area contributed by atoms with Crippen molar-refractivity contribution < 1.29 is 9.53 Å². The summed E-state index contributed by atoms with van der Waals surface area (Å²) in [6, 6.07) is 17.9. The minimum Gasteiger partial charge on any atom is -0.381 e. The van der Waals surface area contributed by atoms with E-state index in [9.17, 15) is 4.79 Å². The Bertz CT molecular complexity index is 1400. The maximum atomic E-state index is 13.3. The number of carbonyl (C=O) groups is 1. The van der Waals surface area contributed by atoms with Gasteiger partial charge >= 0.3 is 0 Å². The van der Waals surface area contributed by atoms with Gasteiger partial charge in [0.1, 0.15) is 11.6 Å². The van der Waals surface area contributed by atoms with Crippen LogP contribution in [0.15, 0.2) is 60.8 Å². The van der Waals surface area contributed by atoms with Gasteiger partial charge in [-0.3, -0.25) is 4.79 Å². The lowest BCUT2D eigenvalue weighted by atomic mass is 9.99. The number of fused-ring (bicyclic) bond motifs is 1. The summed E-state index contributed by atoms with van der Waals surface area (Å²) in [7, 11) is 0. The van der Waals surface area contributed by atoms with Crippen molar-refractivity contribution in [2.75, 3.05) is 44.3 Å². The molecule has 0 bridgehead atoms. The number of para-hydroxylation sites is 1. The molecule has 8 heteroatoms. The van der Waals surface area contributed by atoms with E-state index < -0.39 is 0 Å². The van der Waals surface area contributed by atoms with Crippen molar-refractivity contribution in [1.29, 1.82) is 0 Å². The van der Waals surface area contributed by atoms with Gasteiger partial charge in [-0.15, -0.1) is 0 Å². The molecule has 8 nitrogen and oxygen atoms in total. The topological polar surface area (TPSA) is 76.4 Å². The van der Waals surface area contributed by atoms with Crippen LogP contribution in [-0.2, 0) is 4.74 Å². The minimum atomic E-state index is 0.104. The van der Waals surface area contributed by atoms with Gasteiger partial charge in [0.2, 0.25) is 0 Å². The number of nitrogens with zero attached hydrogens (tertiary/aromatic N) is 6. The third-order valence-electron chi connectivity index (χ3n) is 7.47. The van der Waals surface area contributed by atoms with Crippen molar-refractivity contribution in [3.05, 3.63) is 77.7 Å². The molecule has 0 radical (unpaired) electrons. The fourth-order valence-electron chi connectivity index (χ4n) is 5.36. The van der Waals surface area contributed by atoms with E-state index in [1.54, 1.807) is 0 Å². The molecule has 2 aromatic heterocycles. The van der Waals surface area contributed by atoms with Crippen molar-refractivity contribution in [2.45, 2.75) is 32.1 Å². The molecule has 2 saturated heterocycles. The Kier molecular flexibility index (Phi) is 6.57. The number of rotatable bonds is 4. The number of hydrogen-bond donors (Lipinski definition) is 0. The Morgan fingerprint density at radius 1 is 0.919 bits per heavy atom. The summed E-state index contributed by atoms with van der Waals surface area (Å²) in [4.78, 5) is 27.8. The summed E-state index contributed by atoms with van der Waals surface area (Å²) in [5.74, 6) is 2.15. The minimum absolute atomic E-state index is 0.104. The van der Waals surface area contributed by atoms with Crippen LogP contribution in [0.25, 0.3) is 16.7 Å². The molecule has 0 saturated carbocycles. The monoisotopic (exact) mass is 496 g/mol. The first-order valence-electron chi connectivity index (χ1n) is 13.2. The largest absolute Gasteiger partial charge is 0.381 e. The van der Waals surface area contributed by atoms with E-state index in [0.29, 0.717) is 13.1 Å². The number of hydrogen-bond acceptors (Lipinski definition) is 6. The van der Waals surface area contributed by atoms with Crippen LogP contribution in [-0.4, -0.2) is 69.9 Å². The molecule has 4 aromatic rings. The van der Waals surface area contributed by atoms with Crippen molar-refractivity contribution in [3.63, 3.8) is 0 Å². The molecule has 2 aromatic carbocycles. The first-order valence-corrected chi connectivity index (χ1v) is 13.2. The summed E-state index contributed by atoms with van der Waals surface area (Å²) in [6.07, 6.45) is 4.60. The first kappa shape index (κ1) is 23.6. The van der Waals surface area contributed by atoms with E-state index in [0.717, 1.165) is 85.1 Å². The maximum Gasteiger partial charge on any atom is 0.254 e. The zero-order chi connectivity index (χ0) is 25.2.